The molecule has 1 aliphatic heterocycles. The summed E-state index contributed by atoms with van der Waals surface area (Å²) in [6, 6.07) is 13.4. The molecule has 0 unspecified atom stereocenters. The van der Waals surface area contributed by atoms with E-state index in [1.807, 2.05) is 24.3 Å². The highest BCUT2D eigenvalue weighted by Gasteiger charge is 2.26. The lowest BCUT2D eigenvalue weighted by Crippen LogP contribution is -2.48. The number of benzene rings is 2. The number of rotatable bonds is 8. The van der Waals surface area contributed by atoms with Crippen molar-refractivity contribution in [1.29, 1.82) is 0 Å². The first kappa shape index (κ1) is 19.9. The first-order valence-corrected chi connectivity index (χ1v) is 9.85. The van der Waals surface area contributed by atoms with E-state index in [0.29, 0.717) is 0 Å². The molecule has 0 saturated carbocycles. The van der Waals surface area contributed by atoms with Gasteiger partial charge in [-0.3, -0.25) is 4.90 Å². The van der Waals surface area contributed by atoms with Crippen LogP contribution in [0, 0.1) is 11.6 Å². The number of nitrogens with zero attached hydrogens (tertiary/aromatic N) is 2. The molecule has 2 aromatic carbocycles. The Hall–Kier alpha value is -1.82. The summed E-state index contributed by atoms with van der Waals surface area (Å²) in [5.74, 6) is -0.474. The molecule has 146 valence electrons. The summed E-state index contributed by atoms with van der Waals surface area (Å²) in [5, 5.41) is 0. The molecule has 0 atom stereocenters. The van der Waals surface area contributed by atoms with Crippen molar-refractivity contribution in [2.24, 2.45) is 5.73 Å². The molecule has 1 aliphatic rings. The van der Waals surface area contributed by atoms with Crippen molar-refractivity contribution >= 4 is 0 Å². The highest BCUT2D eigenvalue weighted by Crippen LogP contribution is 2.30. The van der Waals surface area contributed by atoms with E-state index in [2.05, 4.69) is 9.80 Å². The van der Waals surface area contributed by atoms with Crippen molar-refractivity contribution in [3.05, 3.63) is 71.3 Å². The Balaban J connectivity index is 1.69. The third-order valence-electron chi connectivity index (χ3n) is 5.32. The minimum absolute atomic E-state index is 0.0191. The monoisotopic (exact) mass is 373 g/mol. The second-order valence-corrected chi connectivity index (χ2v) is 7.23. The lowest BCUT2D eigenvalue weighted by molar-refractivity contribution is 0.108. The van der Waals surface area contributed by atoms with Gasteiger partial charge in [-0.15, -0.1) is 0 Å². The van der Waals surface area contributed by atoms with Gasteiger partial charge in [0, 0.05) is 26.2 Å². The molecule has 0 aliphatic carbocycles. The van der Waals surface area contributed by atoms with Crippen LogP contribution in [0.1, 0.15) is 36.4 Å². The van der Waals surface area contributed by atoms with Crippen molar-refractivity contribution in [2.45, 2.75) is 25.3 Å². The fourth-order valence-electron chi connectivity index (χ4n) is 3.81. The van der Waals surface area contributed by atoms with E-state index in [1.165, 1.54) is 37.1 Å². The van der Waals surface area contributed by atoms with E-state index < -0.39 is 0 Å². The van der Waals surface area contributed by atoms with Crippen molar-refractivity contribution in [3.63, 3.8) is 0 Å². The lowest BCUT2D eigenvalue weighted by Gasteiger charge is -2.40. The zero-order chi connectivity index (χ0) is 19.1. The van der Waals surface area contributed by atoms with Crippen LogP contribution in [0.15, 0.2) is 48.5 Å². The third-order valence-corrected chi connectivity index (χ3v) is 5.32. The molecule has 0 amide bonds. The van der Waals surface area contributed by atoms with Crippen LogP contribution in [0.25, 0.3) is 0 Å². The minimum atomic E-state index is -0.237. The number of nitrogens with two attached hydrogens (primary N) is 1. The highest BCUT2D eigenvalue weighted by molar-refractivity contribution is 5.32. The third kappa shape index (κ3) is 5.58. The Labute approximate surface area is 160 Å². The van der Waals surface area contributed by atoms with Gasteiger partial charge in [0.2, 0.25) is 0 Å². The molecule has 0 spiro atoms. The van der Waals surface area contributed by atoms with Gasteiger partial charge < -0.3 is 10.6 Å². The van der Waals surface area contributed by atoms with Gasteiger partial charge in [-0.2, -0.15) is 0 Å². The summed E-state index contributed by atoms with van der Waals surface area (Å²) in [7, 11) is 0. The predicted octanol–water partition coefficient (Wildman–Crippen LogP) is 3.80. The van der Waals surface area contributed by atoms with Crippen LogP contribution in [0.5, 0.6) is 0 Å². The molecule has 2 aromatic rings. The van der Waals surface area contributed by atoms with Gasteiger partial charge in [0.1, 0.15) is 11.6 Å². The molecule has 0 bridgehead atoms. The lowest BCUT2D eigenvalue weighted by atomic mass is 9.96. The molecule has 0 radical (unpaired) electrons. The molecule has 0 aromatic heterocycles. The number of hydrogen-bond acceptors (Lipinski definition) is 3. The Morgan fingerprint density at radius 3 is 1.74 bits per heavy atom. The van der Waals surface area contributed by atoms with Gasteiger partial charge in [-0.1, -0.05) is 30.7 Å². The first-order valence-electron chi connectivity index (χ1n) is 9.85. The largest absolute Gasteiger partial charge is 0.330 e. The normalized spacial score (nSPS) is 16.1. The van der Waals surface area contributed by atoms with Crippen LogP contribution >= 0.6 is 0 Å². The molecule has 1 saturated heterocycles. The number of unbranched alkanes of at least 4 members (excludes halogenated alkanes) is 2. The molecule has 27 heavy (non-hydrogen) atoms. The Bertz CT molecular complexity index is 634. The van der Waals surface area contributed by atoms with Crippen molar-refractivity contribution in [2.75, 3.05) is 39.3 Å². The van der Waals surface area contributed by atoms with Crippen LogP contribution < -0.4 is 5.73 Å². The smallest absolute Gasteiger partial charge is 0.123 e. The second kappa shape index (κ2) is 9.93. The quantitative estimate of drug-likeness (QED) is 0.715. The maximum Gasteiger partial charge on any atom is 0.123 e. The standard InChI is InChI=1S/C22H29F2N3/c23-20-8-4-18(5-9-20)22(19-6-10-21(24)11-7-19)27-16-14-26(15-17-27)13-3-1-2-12-25/h4-11,22H,1-3,12-17,25H2. The molecule has 3 nitrogen and oxygen atoms in total. The van der Waals surface area contributed by atoms with Crippen LogP contribution in [0.3, 0.4) is 0 Å². The van der Waals surface area contributed by atoms with Gasteiger partial charge in [-0.25, -0.2) is 8.78 Å². The Morgan fingerprint density at radius 1 is 0.741 bits per heavy atom. The molecule has 1 fully saturated rings. The van der Waals surface area contributed by atoms with Crippen LogP contribution in [0.4, 0.5) is 8.78 Å². The minimum Gasteiger partial charge on any atom is -0.330 e. The predicted molar refractivity (Wildman–Crippen MR) is 106 cm³/mol. The molecule has 1 heterocycles. The van der Waals surface area contributed by atoms with Crippen LogP contribution in [0.2, 0.25) is 0 Å². The van der Waals surface area contributed by atoms with E-state index >= 15 is 0 Å². The molecular formula is C22H29F2N3. The van der Waals surface area contributed by atoms with E-state index in [-0.39, 0.29) is 17.7 Å². The highest BCUT2D eigenvalue weighted by atomic mass is 19.1. The van der Waals surface area contributed by atoms with E-state index in [9.17, 15) is 8.78 Å². The van der Waals surface area contributed by atoms with Gasteiger partial charge >= 0.3 is 0 Å². The van der Waals surface area contributed by atoms with Gasteiger partial charge in [0.15, 0.2) is 0 Å². The summed E-state index contributed by atoms with van der Waals surface area (Å²) in [6.07, 6.45) is 3.47. The fourth-order valence-corrected chi connectivity index (χ4v) is 3.81. The van der Waals surface area contributed by atoms with Gasteiger partial charge in [0.25, 0.3) is 0 Å². The zero-order valence-corrected chi connectivity index (χ0v) is 15.8. The molecule has 5 heteroatoms. The van der Waals surface area contributed by atoms with Crippen molar-refractivity contribution in [3.8, 4) is 0 Å². The summed E-state index contributed by atoms with van der Waals surface area (Å²) < 4.78 is 26.8. The fraction of sp³-hybridized carbons (Fsp3) is 0.455. The Kier molecular flexibility index (Phi) is 7.33. The molecular weight excluding hydrogens is 344 g/mol. The van der Waals surface area contributed by atoms with E-state index in [0.717, 1.165) is 56.8 Å². The maximum absolute atomic E-state index is 13.4. The Morgan fingerprint density at radius 2 is 1.26 bits per heavy atom. The van der Waals surface area contributed by atoms with Crippen LogP contribution in [-0.2, 0) is 0 Å². The topological polar surface area (TPSA) is 32.5 Å². The van der Waals surface area contributed by atoms with Crippen molar-refractivity contribution in [1.82, 2.24) is 9.80 Å². The van der Waals surface area contributed by atoms with Crippen LogP contribution in [-0.4, -0.2) is 49.1 Å². The average Bonchev–Trinajstić information content (AvgIpc) is 2.69. The first-order chi connectivity index (χ1) is 13.2. The summed E-state index contributed by atoms with van der Waals surface area (Å²) in [6.45, 7) is 5.80. The average molecular weight is 373 g/mol. The van der Waals surface area contributed by atoms with E-state index in [1.54, 1.807) is 0 Å². The van der Waals surface area contributed by atoms with Gasteiger partial charge in [-0.05, 0) is 61.3 Å². The molecule has 2 N–H and O–H groups in total. The summed E-state index contributed by atoms with van der Waals surface area (Å²) in [4.78, 5) is 4.91. The summed E-state index contributed by atoms with van der Waals surface area (Å²) in [5.41, 5.74) is 7.64. The van der Waals surface area contributed by atoms with Gasteiger partial charge in [0.05, 0.1) is 6.04 Å². The zero-order valence-electron chi connectivity index (χ0n) is 15.8. The second-order valence-electron chi connectivity index (χ2n) is 7.23. The van der Waals surface area contributed by atoms with Crippen molar-refractivity contribution < 1.29 is 8.78 Å². The SMILES string of the molecule is NCCCCCN1CCN(C(c2ccc(F)cc2)c2ccc(F)cc2)CC1. The number of halogens is 2. The van der Waals surface area contributed by atoms with E-state index in [4.69, 9.17) is 5.73 Å². The summed E-state index contributed by atoms with van der Waals surface area (Å²) >= 11 is 0. The number of piperazine rings is 1. The maximum atomic E-state index is 13.4. The number of hydrogen-bond donors (Lipinski definition) is 1. The molecule has 3 rings (SSSR count).